The third-order valence-electron chi connectivity index (χ3n) is 2.07. The van der Waals surface area contributed by atoms with Gasteiger partial charge in [-0.05, 0) is 12.1 Å². The van der Waals surface area contributed by atoms with E-state index in [1.165, 1.54) is 13.2 Å². The average Bonchev–Trinajstić information content (AvgIpc) is 2.26. The molecule has 0 radical (unpaired) electrons. The third-order valence-corrected chi connectivity index (χ3v) is 2.07. The third kappa shape index (κ3) is 1.35. The normalized spacial score (nSPS) is 10.5. The number of hydrogen-bond acceptors (Lipinski definition) is 4. The summed E-state index contributed by atoms with van der Waals surface area (Å²) < 4.78 is 5.23. The summed E-state index contributed by atoms with van der Waals surface area (Å²) in [5.41, 5.74) is -1.33. The second kappa shape index (κ2) is 3.16. The molecular weight excluding hydrogens is 200 g/mol. The molecule has 6 nitrogen and oxygen atoms in total. The molecule has 0 spiro atoms. The molecule has 78 valence electrons. The van der Waals surface area contributed by atoms with Crippen LogP contribution >= 0.6 is 0 Å². The Morgan fingerprint density at radius 3 is 2.80 bits per heavy atom. The van der Waals surface area contributed by atoms with Gasteiger partial charge in [0.1, 0.15) is 11.3 Å². The summed E-state index contributed by atoms with van der Waals surface area (Å²) >= 11 is 0. The zero-order chi connectivity index (χ0) is 11.0. The number of H-pyrrole nitrogens is 1. The van der Waals surface area contributed by atoms with Crippen LogP contribution in [0, 0.1) is 0 Å². The van der Waals surface area contributed by atoms with Crippen LogP contribution in [0.1, 0.15) is 0 Å². The number of aromatic amines is 1. The van der Waals surface area contributed by atoms with E-state index in [1.807, 2.05) is 0 Å². The minimum absolute atomic E-state index is 0.193. The molecule has 0 aliphatic carbocycles. The van der Waals surface area contributed by atoms with Gasteiger partial charge in [-0.25, -0.2) is 0 Å². The molecule has 2 rings (SSSR count). The smallest absolute Gasteiger partial charge is 0.348 e. The van der Waals surface area contributed by atoms with Crippen molar-refractivity contribution in [2.45, 2.75) is 0 Å². The number of rotatable bonds is 1. The van der Waals surface area contributed by atoms with Crippen LogP contribution in [0.3, 0.4) is 0 Å². The highest BCUT2D eigenvalue weighted by Gasteiger charge is 2.06. The van der Waals surface area contributed by atoms with Gasteiger partial charge >= 0.3 is 11.1 Å². The van der Waals surface area contributed by atoms with Crippen LogP contribution in [-0.4, -0.2) is 22.0 Å². The minimum Gasteiger partial charge on any atom is -0.497 e. The largest absolute Gasteiger partial charge is 0.497 e. The standard InChI is InChI=1S/C9H8N2O4/c1-15-5-2-3-6-7(4-5)11(14)9(13)8(12)10-6/h2-4,14H,1H3,(H,10,12). The molecule has 0 bridgehead atoms. The second-order valence-corrected chi connectivity index (χ2v) is 2.95. The number of fused-ring (bicyclic) bond motifs is 1. The van der Waals surface area contributed by atoms with Gasteiger partial charge in [0.05, 0.1) is 12.6 Å². The maximum absolute atomic E-state index is 11.1. The van der Waals surface area contributed by atoms with E-state index in [0.29, 0.717) is 16.0 Å². The van der Waals surface area contributed by atoms with E-state index in [-0.39, 0.29) is 5.52 Å². The Kier molecular flexibility index (Phi) is 1.96. The van der Waals surface area contributed by atoms with Crippen molar-refractivity contribution in [3.63, 3.8) is 0 Å². The Labute approximate surface area is 83.3 Å². The molecule has 0 aliphatic rings. The maximum Gasteiger partial charge on any atom is 0.348 e. The molecule has 0 amide bonds. The molecule has 1 aromatic carbocycles. The van der Waals surface area contributed by atoms with Crippen LogP contribution in [0.4, 0.5) is 0 Å². The van der Waals surface area contributed by atoms with E-state index < -0.39 is 11.1 Å². The Hall–Kier alpha value is -2.24. The number of ether oxygens (including phenoxy) is 1. The first kappa shape index (κ1) is 9.32. The van der Waals surface area contributed by atoms with Gasteiger partial charge in [-0.2, -0.15) is 0 Å². The molecule has 0 saturated carbocycles. The zero-order valence-electron chi connectivity index (χ0n) is 7.85. The van der Waals surface area contributed by atoms with E-state index in [9.17, 15) is 14.8 Å². The molecule has 2 aromatic rings. The topological polar surface area (TPSA) is 84.3 Å². The summed E-state index contributed by atoms with van der Waals surface area (Å²) in [6.45, 7) is 0. The fourth-order valence-electron chi connectivity index (χ4n) is 1.30. The van der Waals surface area contributed by atoms with Gasteiger partial charge in [-0.15, -0.1) is 4.73 Å². The lowest BCUT2D eigenvalue weighted by Gasteiger charge is -2.04. The lowest BCUT2D eigenvalue weighted by atomic mass is 10.3. The molecule has 0 unspecified atom stereocenters. The number of hydrogen-bond donors (Lipinski definition) is 2. The first-order valence-corrected chi connectivity index (χ1v) is 4.16. The van der Waals surface area contributed by atoms with Crippen LogP contribution < -0.4 is 15.9 Å². The van der Waals surface area contributed by atoms with Crippen molar-refractivity contribution in [1.29, 1.82) is 0 Å². The van der Waals surface area contributed by atoms with E-state index in [1.54, 1.807) is 12.1 Å². The molecule has 0 atom stereocenters. The van der Waals surface area contributed by atoms with Crippen molar-refractivity contribution < 1.29 is 9.94 Å². The van der Waals surface area contributed by atoms with Gasteiger partial charge < -0.3 is 14.9 Å². The molecule has 0 fully saturated rings. The van der Waals surface area contributed by atoms with Gasteiger partial charge in [0, 0.05) is 6.07 Å². The minimum atomic E-state index is -1.02. The second-order valence-electron chi connectivity index (χ2n) is 2.95. The Morgan fingerprint density at radius 1 is 1.40 bits per heavy atom. The molecule has 1 heterocycles. The number of benzene rings is 1. The predicted octanol–water partition coefficient (Wildman–Crippen LogP) is -0.0643. The molecular formula is C9H8N2O4. The van der Waals surface area contributed by atoms with Crippen molar-refractivity contribution in [2.75, 3.05) is 7.11 Å². The highest BCUT2D eigenvalue weighted by molar-refractivity contribution is 5.75. The van der Waals surface area contributed by atoms with Gasteiger partial charge in [0.2, 0.25) is 0 Å². The van der Waals surface area contributed by atoms with Crippen LogP contribution in [0.2, 0.25) is 0 Å². The SMILES string of the molecule is COc1ccc2[nH]c(=O)c(=O)n(O)c2c1. The first-order valence-electron chi connectivity index (χ1n) is 4.16. The predicted molar refractivity (Wildman–Crippen MR) is 52.6 cm³/mol. The van der Waals surface area contributed by atoms with Gasteiger partial charge in [-0.1, -0.05) is 0 Å². The number of methoxy groups -OCH3 is 1. The summed E-state index contributed by atoms with van der Waals surface area (Å²) in [6.07, 6.45) is 0. The van der Waals surface area contributed by atoms with E-state index >= 15 is 0 Å². The van der Waals surface area contributed by atoms with Crippen molar-refractivity contribution in [3.8, 4) is 5.75 Å². The summed E-state index contributed by atoms with van der Waals surface area (Å²) in [5.74, 6) is 0.483. The molecule has 0 aliphatic heterocycles. The lowest BCUT2D eigenvalue weighted by Crippen LogP contribution is -2.35. The summed E-state index contributed by atoms with van der Waals surface area (Å²) in [5, 5.41) is 9.39. The average molecular weight is 208 g/mol. The summed E-state index contributed by atoms with van der Waals surface area (Å²) in [7, 11) is 1.46. The Balaban J connectivity index is 2.94. The first-order chi connectivity index (χ1) is 7.13. The van der Waals surface area contributed by atoms with Crippen LogP contribution in [0.15, 0.2) is 27.8 Å². The maximum atomic E-state index is 11.1. The summed E-state index contributed by atoms with van der Waals surface area (Å²) in [4.78, 5) is 24.5. The fraction of sp³-hybridized carbons (Fsp3) is 0.111. The zero-order valence-corrected chi connectivity index (χ0v) is 7.85. The van der Waals surface area contributed by atoms with E-state index in [0.717, 1.165) is 0 Å². The van der Waals surface area contributed by atoms with Crippen molar-refractivity contribution >= 4 is 11.0 Å². The highest BCUT2D eigenvalue weighted by Crippen LogP contribution is 2.16. The Morgan fingerprint density at radius 2 is 2.13 bits per heavy atom. The van der Waals surface area contributed by atoms with Crippen molar-refractivity contribution in [1.82, 2.24) is 9.71 Å². The highest BCUT2D eigenvalue weighted by atomic mass is 16.5. The molecule has 6 heteroatoms. The Bertz CT molecular complexity index is 626. The lowest BCUT2D eigenvalue weighted by molar-refractivity contribution is 0.186. The quantitative estimate of drug-likeness (QED) is 0.507. The van der Waals surface area contributed by atoms with Gasteiger partial charge in [-0.3, -0.25) is 9.59 Å². The van der Waals surface area contributed by atoms with Crippen molar-refractivity contribution in [2.24, 2.45) is 0 Å². The molecule has 0 saturated heterocycles. The monoisotopic (exact) mass is 208 g/mol. The van der Waals surface area contributed by atoms with Gasteiger partial charge in [0.25, 0.3) is 0 Å². The summed E-state index contributed by atoms with van der Waals surface area (Å²) in [6, 6.07) is 4.61. The number of aromatic nitrogens is 2. The van der Waals surface area contributed by atoms with Crippen LogP contribution in [-0.2, 0) is 0 Å². The molecule has 1 aromatic heterocycles. The number of nitrogens with one attached hydrogen (secondary N) is 1. The van der Waals surface area contributed by atoms with E-state index in [4.69, 9.17) is 4.74 Å². The van der Waals surface area contributed by atoms with Crippen molar-refractivity contribution in [3.05, 3.63) is 38.9 Å². The number of nitrogens with zero attached hydrogens (tertiary/aromatic N) is 1. The van der Waals surface area contributed by atoms with E-state index in [2.05, 4.69) is 4.98 Å². The van der Waals surface area contributed by atoms with Crippen LogP contribution in [0.25, 0.3) is 11.0 Å². The molecule has 15 heavy (non-hydrogen) atoms. The van der Waals surface area contributed by atoms with Gasteiger partial charge in [0.15, 0.2) is 0 Å². The van der Waals surface area contributed by atoms with Crippen LogP contribution in [0.5, 0.6) is 5.75 Å². The molecule has 2 N–H and O–H groups in total. The fourth-order valence-corrected chi connectivity index (χ4v) is 1.30.